The van der Waals surface area contributed by atoms with E-state index in [9.17, 15) is 18.9 Å². The molecule has 1 aromatic rings. The molecule has 1 aromatic carbocycles. The first kappa shape index (κ1) is 14.1. The molecule has 0 aliphatic heterocycles. The summed E-state index contributed by atoms with van der Waals surface area (Å²) in [6.07, 6.45) is 0. The molecule has 100 valence electrons. The van der Waals surface area contributed by atoms with Gasteiger partial charge in [-0.1, -0.05) is 0 Å². The highest BCUT2D eigenvalue weighted by atomic mass is 19.3. The Labute approximate surface area is 102 Å². The van der Waals surface area contributed by atoms with Gasteiger partial charge in [-0.05, 0) is 6.07 Å². The lowest BCUT2D eigenvalue weighted by Gasteiger charge is -2.15. The number of alkyl halides is 2. The van der Waals surface area contributed by atoms with Crippen molar-refractivity contribution in [2.45, 2.75) is 5.92 Å². The Morgan fingerprint density at radius 3 is 2.72 bits per heavy atom. The van der Waals surface area contributed by atoms with E-state index in [-0.39, 0.29) is 11.4 Å². The van der Waals surface area contributed by atoms with Gasteiger partial charge in [0.2, 0.25) is 0 Å². The van der Waals surface area contributed by atoms with Crippen LogP contribution in [0, 0.1) is 10.1 Å². The number of nitro groups is 1. The maximum absolute atomic E-state index is 13.0. The number of nitro benzene ring substituents is 1. The van der Waals surface area contributed by atoms with Gasteiger partial charge in [0.1, 0.15) is 11.4 Å². The summed E-state index contributed by atoms with van der Waals surface area (Å²) < 4.78 is 30.8. The minimum atomic E-state index is -3.13. The zero-order valence-electron chi connectivity index (χ0n) is 9.65. The molecule has 0 amide bonds. The number of hydrogen-bond acceptors (Lipinski definition) is 5. The standard InChI is InChI=1S/C10H13F2N3O3/c1-18-7-2-3-9(15(16)17)8(4-7)14-6-10(11,12)5-13/h2-4,14H,5-6,13H2,1H3. The second-order valence-corrected chi connectivity index (χ2v) is 3.55. The Kier molecular flexibility index (Phi) is 4.38. The minimum absolute atomic E-state index is 0.0347. The molecule has 0 atom stereocenters. The number of anilines is 1. The van der Waals surface area contributed by atoms with E-state index < -0.39 is 23.9 Å². The van der Waals surface area contributed by atoms with Crippen molar-refractivity contribution >= 4 is 11.4 Å². The van der Waals surface area contributed by atoms with E-state index in [0.29, 0.717) is 5.75 Å². The maximum Gasteiger partial charge on any atom is 0.292 e. The van der Waals surface area contributed by atoms with Gasteiger partial charge >= 0.3 is 0 Å². The van der Waals surface area contributed by atoms with Crippen LogP contribution in [0.15, 0.2) is 18.2 Å². The van der Waals surface area contributed by atoms with Crippen LogP contribution in [0.5, 0.6) is 5.75 Å². The van der Waals surface area contributed by atoms with Gasteiger partial charge in [0, 0.05) is 12.1 Å². The molecule has 0 spiro atoms. The molecule has 0 bridgehead atoms. The van der Waals surface area contributed by atoms with Crippen molar-refractivity contribution in [2.24, 2.45) is 5.73 Å². The lowest BCUT2D eigenvalue weighted by molar-refractivity contribution is -0.384. The first-order valence-electron chi connectivity index (χ1n) is 5.04. The highest BCUT2D eigenvalue weighted by Gasteiger charge is 2.27. The molecule has 0 saturated heterocycles. The number of nitrogens with one attached hydrogen (secondary N) is 1. The van der Waals surface area contributed by atoms with Crippen LogP contribution in [0.25, 0.3) is 0 Å². The topological polar surface area (TPSA) is 90.4 Å². The van der Waals surface area contributed by atoms with Crippen molar-refractivity contribution in [1.29, 1.82) is 0 Å². The van der Waals surface area contributed by atoms with Gasteiger partial charge in [-0.15, -0.1) is 0 Å². The molecule has 8 heteroatoms. The molecule has 0 unspecified atom stereocenters. The summed E-state index contributed by atoms with van der Waals surface area (Å²) in [7, 11) is 1.37. The highest BCUT2D eigenvalue weighted by Crippen LogP contribution is 2.29. The maximum atomic E-state index is 13.0. The summed E-state index contributed by atoms with van der Waals surface area (Å²) in [4.78, 5) is 10.1. The van der Waals surface area contributed by atoms with Gasteiger partial charge in [-0.3, -0.25) is 10.1 Å². The fourth-order valence-corrected chi connectivity index (χ4v) is 1.24. The van der Waals surface area contributed by atoms with Crippen molar-refractivity contribution in [3.05, 3.63) is 28.3 Å². The Morgan fingerprint density at radius 1 is 1.56 bits per heavy atom. The van der Waals surface area contributed by atoms with E-state index in [2.05, 4.69) is 5.32 Å². The Morgan fingerprint density at radius 2 is 2.22 bits per heavy atom. The van der Waals surface area contributed by atoms with Crippen molar-refractivity contribution < 1.29 is 18.4 Å². The number of rotatable bonds is 6. The van der Waals surface area contributed by atoms with Crippen molar-refractivity contribution in [1.82, 2.24) is 0 Å². The van der Waals surface area contributed by atoms with Crippen LogP contribution >= 0.6 is 0 Å². The summed E-state index contributed by atoms with van der Waals surface area (Å²) in [5.74, 6) is -2.80. The summed E-state index contributed by atoms with van der Waals surface area (Å²) in [6, 6.07) is 3.84. The van der Waals surface area contributed by atoms with Gasteiger partial charge in [0.25, 0.3) is 11.6 Å². The zero-order valence-corrected chi connectivity index (χ0v) is 9.65. The Hall–Kier alpha value is -1.96. The third-order valence-corrected chi connectivity index (χ3v) is 2.24. The van der Waals surface area contributed by atoms with Crippen molar-refractivity contribution in [2.75, 3.05) is 25.5 Å². The minimum Gasteiger partial charge on any atom is -0.497 e. The fourth-order valence-electron chi connectivity index (χ4n) is 1.24. The van der Waals surface area contributed by atoms with Crippen LogP contribution in [-0.2, 0) is 0 Å². The summed E-state index contributed by atoms with van der Waals surface area (Å²) >= 11 is 0. The molecular weight excluding hydrogens is 248 g/mol. The number of ether oxygens (including phenoxy) is 1. The van der Waals surface area contributed by atoms with Crippen LogP contribution in [0.1, 0.15) is 0 Å². The second kappa shape index (κ2) is 5.58. The predicted molar refractivity (Wildman–Crippen MR) is 62.1 cm³/mol. The normalized spacial score (nSPS) is 11.1. The van der Waals surface area contributed by atoms with E-state index in [1.807, 2.05) is 0 Å². The first-order chi connectivity index (χ1) is 8.39. The van der Waals surface area contributed by atoms with Crippen molar-refractivity contribution in [3.63, 3.8) is 0 Å². The number of benzene rings is 1. The lowest BCUT2D eigenvalue weighted by atomic mass is 10.2. The lowest BCUT2D eigenvalue weighted by Crippen LogP contribution is -2.35. The summed E-state index contributed by atoms with van der Waals surface area (Å²) in [5, 5.41) is 13.0. The molecule has 0 fully saturated rings. The third kappa shape index (κ3) is 3.52. The van der Waals surface area contributed by atoms with E-state index in [0.717, 1.165) is 0 Å². The first-order valence-corrected chi connectivity index (χ1v) is 5.04. The average molecular weight is 261 g/mol. The highest BCUT2D eigenvalue weighted by molar-refractivity contribution is 5.64. The molecule has 0 aliphatic rings. The third-order valence-electron chi connectivity index (χ3n) is 2.24. The second-order valence-electron chi connectivity index (χ2n) is 3.55. The van der Waals surface area contributed by atoms with Crippen molar-refractivity contribution in [3.8, 4) is 5.75 Å². The van der Waals surface area contributed by atoms with E-state index in [1.54, 1.807) is 0 Å². The fraction of sp³-hybridized carbons (Fsp3) is 0.400. The predicted octanol–water partition coefficient (Wildman–Crippen LogP) is 1.61. The van der Waals surface area contributed by atoms with Gasteiger partial charge in [0.05, 0.1) is 25.1 Å². The molecule has 0 saturated carbocycles. The monoisotopic (exact) mass is 261 g/mol. The van der Waals surface area contributed by atoms with Gasteiger partial charge in [-0.25, -0.2) is 8.78 Å². The number of nitrogens with zero attached hydrogens (tertiary/aromatic N) is 1. The number of hydrogen-bond donors (Lipinski definition) is 2. The Bertz CT molecular complexity index is 440. The number of halogens is 2. The van der Waals surface area contributed by atoms with Crippen LogP contribution in [0.2, 0.25) is 0 Å². The molecule has 0 heterocycles. The molecule has 0 aliphatic carbocycles. The van der Waals surface area contributed by atoms with Gasteiger partial charge in [-0.2, -0.15) is 0 Å². The number of nitrogens with two attached hydrogens (primary N) is 1. The largest absolute Gasteiger partial charge is 0.497 e. The quantitative estimate of drug-likeness (QED) is 0.599. The smallest absolute Gasteiger partial charge is 0.292 e. The van der Waals surface area contributed by atoms with Gasteiger partial charge in [0.15, 0.2) is 0 Å². The summed E-state index contributed by atoms with van der Waals surface area (Å²) in [5.41, 5.74) is 4.54. The zero-order chi connectivity index (χ0) is 13.8. The molecule has 3 N–H and O–H groups in total. The molecule has 18 heavy (non-hydrogen) atoms. The van der Waals surface area contributed by atoms with Crippen LogP contribution in [-0.4, -0.2) is 31.0 Å². The molecule has 0 radical (unpaired) electrons. The van der Waals surface area contributed by atoms with E-state index >= 15 is 0 Å². The van der Waals surface area contributed by atoms with E-state index in [4.69, 9.17) is 10.5 Å². The van der Waals surface area contributed by atoms with Crippen LogP contribution in [0.4, 0.5) is 20.2 Å². The molecule has 0 aromatic heterocycles. The SMILES string of the molecule is COc1ccc([N+](=O)[O-])c(NCC(F)(F)CN)c1. The van der Waals surface area contributed by atoms with Crippen LogP contribution in [0.3, 0.4) is 0 Å². The average Bonchev–Trinajstić information content (AvgIpc) is 2.36. The number of methoxy groups -OCH3 is 1. The molecule has 1 rings (SSSR count). The van der Waals surface area contributed by atoms with E-state index in [1.165, 1.54) is 25.3 Å². The Balaban J connectivity index is 2.94. The molecular formula is C10H13F2N3O3. The van der Waals surface area contributed by atoms with Crippen LogP contribution < -0.4 is 15.8 Å². The molecule has 6 nitrogen and oxygen atoms in total. The summed E-state index contributed by atoms with van der Waals surface area (Å²) in [6.45, 7) is -1.62. The van der Waals surface area contributed by atoms with Gasteiger partial charge < -0.3 is 15.8 Å².